The van der Waals surface area contributed by atoms with E-state index >= 15 is 0 Å². The first-order valence-electron chi connectivity index (χ1n) is 8.47. The van der Waals surface area contributed by atoms with Crippen LogP contribution < -0.4 is 5.32 Å². The van der Waals surface area contributed by atoms with E-state index in [0.29, 0.717) is 6.04 Å². The van der Waals surface area contributed by atoms with Gasteiger partial charge in [0.05, 0.1) is 5.69 Å². The van der Waals surface area contributed by atoms with Gasteiger partial charge in [0.1, 0.15) is 5.76 Å². The number of nitrogens with one attached hydrogen (secondary N) is 1. The molecule has 128 valence electrons. The summed E-state index contributed by atoms with van der Waals surface area (Å²) in [6.45, 7) is 6.38. The number of furan rings is 1. The van der Waals surface area contributed by atoms with Gasteiger partial charge in [-0.3, -0.25) is 4.90 Å². The second-order valence-electron chi connectivity index (χ2n) is 6.51. The van der Waals surface area contributed by atoms with Gasteiger partial charge in [0, 0.05) is 37.6 Å². The number of hydrogen-bond donors (Lipinski definition) is 1. The Hall–Kier alpha value is -1.86. The molecule has 7 heteroatoms. The third kappa shape index (κ3) is 3.18. The van der Waals surface area contributed by atoms with Gasteiger partial charge in [-0.25, -0.2) is 9.78 Å². The molecule has 0 radical (unpaired) electrons. The van der Waals surface area contributed by atoms with Crippen molar-refractivity contribution in [3.8, 4) is 10.8 Å². The van der Waals surface area contributed by atoms with E-state index in [1.807, 2.05) is 24.0 Å². The highest BCUT2D eigenvalue weighted by Gasteiger charge is 2.31. The van der Waals surface area contributed by atoms with Gasteiger partial charge < -0.3 is 14.6 Å². The number of piperidine rings is 1. The Kier molecular flexibility index (Phi) is 4.28. The number of urea groups is 1. The van der Waals surface area contributed by atoms with Crippen molar-refractivity contribution in [2.45, 2.75) is 32.4 Å². The summed E-state index contributed by atoms with van der Waals surface area (Å²) in [4.78, 5) is 21.0. The average Bonchev–Trinajstić information content (AvgIpc) is 3.29. The second-order valence-corrected chi connectivity index (χ2v) is 7.37. The SMILES string of the molecule is Cc1ccc(-c2nc(CN3CCC[C@@H](N4CCNC4=O)C3)cs2)o1. The van der Waals surface area contributed by atoms with Crippen molar-refractivity contribution in [2.24, 2.45) is 0 Å². The molecule has 0 saturated carbocycles. The summed E-state index contributed by atoms with van der Waals surface area (Å²) in [5.74, 6) is 1.75. The molecule has 2 aromatic rings. The first-order chi connectivity index (χ1) is 11.7. The number of thiazole rings is 1. The fraction of sp³-hybridized carbons (Fsp3) is 0.529. The second kappa shape index (κ2) is 6.57. The number of amides is 2. The van der Waals surface area contributed by atoms with Gasteiger partial charge in [0.2, 0.25) is 0 Å². The summed E-state index contributed by atoms with van der Waals surface area (Å²) in [6, 6.07) is 4.35. The van der Waals surface area contributed by atoms with Gasteiger partial charge in [0.25, 0.3) is 0 Å². The summed E-state index contributed by atoms with van der Waals surface area (Å²) in [6.07, 6.45) is 2.22. The monoisotopic (exact) mass is 346 g/mol. The van der Waals surface area contributed by atoms with Gasteiger partial charge in [-0.1, -0.05) is 0 Å². The number of hydrogen-bond acceptors (Lipinski definition) is 5. The minimum Gasteiger partial charge on any atom is -0.459 e. The van der Waals surface area contributed by atoms with Gasteiger partial charge in [0.15, 0.2) is 10.8 Å². The van der Waals surface area contributed by atoms with Crippen LogP contribution in [-0.2, 0) is 6.54 Å². The van der Waals surface area contributed by atoms with E-state index in [2.05, 4.69) is 15.6 Å². The van der Waals surface area contributed by atoms with Crippen LogP contribution >= 0.6 is 11.3 Å². The van der Waals surface area contributed by atoms with Crippen LogP contribution in [0.5, 0.6) is 0 Å². The number of aryl methyl sites for hydroxylation is 1. The molecule has 1 atom stereocenters. The molecule has 2 aliphatic rings. The zero-order valence-corrected chi connectivity index (χ0v) is 14.6. The molecular formula is C17H22N4O2S. The maximum absolute atomic E-state index is 11.9. The number of carbonyl (C=O) groups excluding carboxylic acids is 1. The lowest BCUT2D eigenvalue weighted by molar-refractivity contribution is 0.121. The molecule has 24 heavy (non-hydrogen) atoms. The lowest BCUT2D eigenvalue weighted by Crippen LogP contribution is -2.48. The van der Waals surface area contributed by atoms with E-state index in [4.69, 9.17) is 9.40 Å². The first-order valence-corrected chi connectivity index (χ1v) is 9.35. The molecule has 0 bridgehead atoms. The van der Waals surface area contributed by atoms with E-state index < -0.39 is 0 Å². The van der Waals surface area contributed by atoms with Crippen molar-refractivity contribution in [3.63, 3.8) is 0 Å². The fourth-order valence-corrected chi connectivity index (χ4v) is 4.31. The van der Waals surface area contributed by atoms with Crippen molar-refractivity contribution in [1.29, 1.82) is 0 Å². The van der Waals surface area contributed by atoms with Gasteiger partial charge in [-0.05, 0) is 38.4 Å². The van der Waals surface area contributed by atoms with Gasteiger partial charge in [-0.2, -0.15) is 0 Å². The molecule has 0 unspecified atom stereocenters. The van der Waals surface area contributed by atoms with Crippen molar-refractivity contribution in [1.82, 2.24) is 20.1 Å². The Morgan fingerprint density at radius 1 is 1.42 bits per heavy atom. The normalized spacial score (nSPS) is 22.1. The summed E-state index contributed by atoms with van der Waals surface area (Å²) in [7, 11) is 0. The van der Waals surface area contributed by atoms with E-state index in [-0.39, 0.29) is 6.03 Å². The highest BCUT2D eigenvalue weighted by Crippen LogP contribution is 2.27. The van der Waals surface area contributed by atoms with Crippen molar-refractivity contribution in [2.75, 3.05) is 26.2 Å². The van der Waals surface area contributed by atoms with Crippen LogP contribution in [0, 0.1) is 6.92 Å². The number of rotatable bonds is 4. The lowest BCUT2D eigenvalue weighted by Gasteiger charge is -2.36. The Balaban J connectivity index is 1.40. The zero-order chi connectivity index (χ0) is 16.5. The molecule has 6 nitrogen and oxygen atoms in total. The fourth-order valence-electron chi connectivity index (χ4n) is 3.54. The summed E-state index contributed by atoms with van der Waals surface area (Å²) in [5.41, 5.74) is 1.08. The molecule has 4 heterocycles. The number of nitrogens with zero attached hydrogens (tertiary/aromatic N) is 3. The van der Waals surface area contributed by atoms with E-state index in [9.17, 15) is 4.79 Å². The first kappa shape index (κ1) is 15.7. The molecule has 2 aromatic heterocycles. The predicted molar refractivity (Wildman–Crippen MR) is 93.0 cm³/mol. The molecule has 0 spiro atoms. The van der Waals surface area contributed by atoms with E-state index in [1.54, 1.807) is 11.3 Å². The molecule has 2 aliphatic heterocycles. The Labute approximate surface area is 145 Å². The van der Waals surface area contributed by atoms with Crippen LogP contribution in [0.1, 0.15) is 24.3 Å². The highest BCUT2D eigenvalue weighted by atomic mass is 32.1. The Bertz CT molecular complexity index is 726. The number of carbonyl (C=O) groups is 1. The number of aromatic nitrogens is 1. The highest BCUT2D eigenvalue weighted by molar-refractivity contribution is 7.13. The maximum Gasteiger partial charge on any atom is 0.317 e. The quantitative estimate of drug-likeness (QED) is 0.925. The summed E-state index contributed by atoms with van der Waals surface area (Å²) in [5, 5.41) is 5.95. The molecule has 0 aliphatic carbocycles. The van der Waals surface area contributed by atoms with Crippen LogP contribution in [-0.4, -0.2) is 53.0 Å². The van der Waals surface area contributed by atoms with Crippen LogP contribution in [0.3, 0.4) is 0 Å². The van der Waals surface area contributed by atoms with Crippen molar-refractivity contribution in [3.05, 3.63) is 29.0 Å². The molecule has 2 fully saturated rings. The Morgan fingerprint density at radius 3 is 3.08 bits per heavy atom. The van der Waals surface area contributed by atoms with Crippen LogP contribution in [0.4, 0.5) is 4.79 Å². The molecule has 4 rings (SSSR count). The molecule has 1 N–H and O–H groups in total. The van der Waals surface area contributed by atoms with Gasteiger partial charge >= 0.3 is 6.03 Å². The molecule has 2 saturated heterocycles. The predicted octanol–water partition coefficient (Wildman–Crippen LogP) is 2.70. The topological polar surface area (TPSA) is 61.6 Å². The zero-order valence-electron chi connectivity index (χ0n) is 13.8. The van der Waals surface area contributed by atoms with E-state index in [1.165, 1.54) is 0 Å². The summed E-state index contributed by atoms with van der Waals surface area (Å²) >= 11 is 1.62. The lowest BCUT2D eigenvalue weighted by atomic mass is 10.0. The third-order valence-electron chi connectivity index (χ3n) is 4.70. The van der Waals surface area contributed by atoms with E-state index in [0.717, 1.165) is 67.8 Å². The van der Waals surface area contributed by atoms with Crippen LogP contribution in [0.2, 0.25) is 0 Å². The third-order valence-corrected chi connectivity index (χ3v) is 5.61. The molecular weight excluding hydrogens is 324 g/mol. The number of likely N-dealkylation sites (tertiary alicyclic amines) is 1. The minimum atomic E-state index is 0.0889. The van der Waals surface area contributed by atoms with Crippen LogP contribution in [0.25, 0.3) is 10.8 Å². The summed E-state index contributed by atoms with van der Waals surface area (Å²) < 4.78 is 5.65. The van der Waals surface area contributed by atoms with Crippen molar-refractivity contribution < 1.29 is 9.21 Å². The smallest absolute Gasteiger partial charge is 0.317 e. The maximum atomic E-state index is 11.9. The molecule has 2 amide bonds. The molecule has 0 aromatic carbocycles. The average molecular weight is 346 g/mol. The largest absolute Gasteiger partial charge is 0.459 e. The minimum absolute atomic E-state index is 0.0889. The van der Waals surface area contributed by atoms with Crippen molar-refractivity contribution >= 4 is 17.4 Å². The standard InChI is InChI=1S/C17H22N4O2S/c1-12-4-5-15(23-12)16-19-13(11-24-16)9-20-7-2-3-14(10-20)21-8-6-18-17(21)22/h4-5,11,14H,2-3,6-10H2,1H3,(H,18,22)/t14-/m1/s1. The Morgan fingerprint density at radius 2 is 2.33 bits per heavy atom. The van der Waals surface area contributed by atoms with Crippen LogP contribution in [0.15, 0.2) is 21.9 Å². The van der Waals surface area contributed by atoms with Gasteiger partial charge in [-0.15, -0.1) is 11.3 Å².